The maximum Gasteiger partial charge on any atom is 0.125 e. The van der Waals surface area contributed by atoms with Crippen LogP contribution in [0.15, 0.2) is 21.7 Å². The van der Waals surface area contributed by atoms with E-state index in [1.807, 2.05) is 6.07 Å². The van der Waals surface area contributed by atoms with Crippen LogP contribution in [0, 0.1) is 6.92 Å². The molecule has 0 amide bonds. The summed E-state index contributed by atoms with van der Waals surface area (Å²) in [6, 6.07) is 1.99. The zero-order chi connectivity index (χ0) is 9.80. The van der Waals surface area contributed by atoms with E-state index in [4.69, 9.17) is 4.42 Å². The molecule has 2 rings (SSSR count). The lowest BCUT2D eigenvalue weighted by molar-refractivity contribution is 0.498. The zero-order valence-electron chi connectivity index (χ0n) is 8.55. The molecule has 0 spiro atoms. The van der Waals surface area contributed by atoms with Crippen molar-refractivity contribution < 1.29 is 4.42 Å². The molecule has 0 saturated carbocycles. The number of nitrogens with one attached hydrogen (secondary N) is 1. The lowest BCUT2D eigenvalue weighted by Gasteiger charge is -2.13. The van der Waals surface area contributed by atoms with Gasteiger partial charge in [-0.2, -0.15) is 0 Å². The van der Waals surface area contributed by atoms with Gasteiger partial charge >= 0.3 is 0 Å². The lowest BCUT2D eigenvalue weighted by Crippen LogP contribution is -2.25. The van der Waals surface area contributed by atoms with Gasteiger partial charge in [0, 0.05) is 13.0 Å². The number of amidine groups is 1. The Morgan fingerprint density at radius 3 is 3.07 bits per heavy atom. The van der Waals surface area contributed by atoms with Crippen LogP contribution in [0.4, 0.5) is 0 Å². The Bertz CT molecular complexity index is 328. The third-order valence-corrected chi connectivity index (χ3v) is 2.55. The molecule has 2 heterocycles. The van der Waals surface area contributed by atoms with Crippen LogP contribution in [0.5, 0.6) is 0 Å². The summed E-state index contributed by atoms with van der Waals surface area (Å²) < 4.78 is 5.34. The Morgan fingerprint density at radius 1 is 1.50 bits per heavy atom. The highest BCUT2D eigenvalue weighted by molar-refractivity contribution is 5.82. The number of hydrogen-bond acceptors (Lipinski definition) is 3. The van der Waals surface area contributed by atoms with Gasteiger partial charge in [0.25, 0.3) is 0 Å². The summed E-state index contributed by atoms with van der Waals surface area (Å²) in [6.45, 7) is 3.79. The molecular formula is C11H16N2O. The number of furan rings is 1. The van der Waals surface area contributed by atoms with Crippen LogP contribution in [0.1, 0.15) is 30.6 Å². The van der Waals surface area contributed by atoms with E-state index >= 15 is 0 Å². The first-order valence-corrected chi connectivity index (χ1v) is 5.16. The van der Waals surface area contributed by atoms with E-state index in [1.165, 1.54) is 18.4 Å². The fourth-order valence-electron chi connectivity index (χ4n) is 1.61. The predicted octanol–water partition coefficient (Wildman–Crippen LogP) is 2.26. The molecule has 14 heavy (non-hydrogen) atoms. The van der Waals surface area contributed by atoms with E-state index in [0.717, 1.165) is 31.1 Å². The molecule has 1 aromatic heterocycles. The Labute approximate surface area is 84.2 Å². The largest absolute Gasteiger partial charge is 0.467 e. The Morgan fingerprint density at radius 2 is 2.43 bits per heavy atom. The van der Waals surface area contributed by atoms with Crippen LogP contribution in [-0.2, 0) is 6.54 Å². The molecule has 0 radical (unpaired) electrons. The third-order valence-electron chi connectivity index (χ3n) is 2.55. The van der Waals surface area contributed by atoms with Gasteiger partial charge in [0.2, 0.25) is 0 Å². The number of rotatable bonds is 2. The predicted molar refractivity (Wildman–Crippen MR) is 56.4 cm³/mol. The van der Waals surface area contributed by atoms with Gasteiger partial charge in [0.05, 0.1) is 18.6 Å². The van der Waals surface area contributed by atoms with Gasteiger partial charge in [0.15, 0.2) is 0 Å². The van der Waals surface area contributed by atoms with Crippen LogP contribution in [-0.4, -0.2) is 12.4 Å². The summed E-state index contributed by atoms with van der Waals surface area (Å²) in [5, 5.41) is 3.32. The first-order valence-electron chi connectivity index (χ1n) is 5.16. The van der Waals surface area contributed by atoms with Crippen molar-refractivity contribution in [3.8, 4) is 0 Å². The average molecular weight is 192 g/mol. The van der Waals surface area contributed by atoms with Crippen LogP contribution in [0.2, 0.25) is 0 Å². The molecule has 1 aliphatic rings. The van der Waals surface area contributed by atoms with Crippen molar-refractivity contribution in [2.45, 2.75) is 32.7 Å². The highest BCUT2D eigenvalue weighted by atomic mass is 16.3. The average Bonchev–Trinajstić information content (AvgIpc) is 2.63. The molecule has 0 bridgehead atoms. The van der Waals surface area contributed by atoms with E-state index in [0.29, 0.717) is 0 Å². The topological polar surface area (TPSA) is 37.5 Å². The molecule has 0 fully saturated rings. The van der Waals surface area contributed by atoms with Gasteiger partial charge in [-0.15, -0.1) is 0 Å². The molecule has 1 aliphatic heterocycles. The van der Waals surface area contributed by atoms with Gasteiger partial charge in [-0.05, 0) is 31.4 Å². The minimum Gasteiger partial charge on any atom is -0.467 e. The zero-order valence-corrected chi connectivity index (χ0v) is 8.55. The summed E-state index contributed by atoms with van der Waals surface area (Å²) in [5.74, 6) is 2.14. The molecule has 3 heteroatoms. The monoisotopic (exact) mass is 192 g/mol. The minimum atomic E-state index is 0.762. The number of nitrogens with zero attached hydrogens (tertiary/aromatic N) is 1. The van der Waals surface area contributed by atoms with Gasteiger partial charge in [-0.1, -0.05) is 0 Å². The van der Waals surface area contributed by atoms with Gasteiger partial charge in [0.1, 0.15) is 5.76 Å². The van der Waals surface area contributed by atoms with Crippen molar-refractivity contribution in [1.82, 2.24) is 5.32 Å². The molecule has 0 atom stereocenters. The second-order valence-corrected chi connectivity index (χ2v) is 3.67. The smallest absolute Gasteiger partial charge is 0.125 e. The lowest BCUT2D eigenvalue weighted by atomic mass is 10.2. The third kappa shape index (κ3) is 2.16. The van der Waals surface area contributed by atoms with Gasteiger partial charge in [-0.25, -0.2) is 0 Å². The molecular weight excluding hydrogens is 176 g/mol. The molecule has 0 aliphatic carbocycles. The summed E-state index contributed by atoms with van der Waals surface area (Å²) in [5.41, 5.74) is 1.20. The van der Waals surface area contributed by atoms with E-state index in [1.54, 1.807) is 6.26 Å². The van der Waals surface area contributed by atoms with Crippen LogP contribution in [0.3, 0.4) is 0 Å². The summed E-state index contributed by atoms with van der Waals surface area (Å²) in [7, 11) is 0. The van der Waals surface area contributed by atoms with Crippen LogP contribution >= 0.6 is 0 Å². The first-order chi connectivity index (χ1) is 6.86. The molecule has 0 unspecified atom stereocenters. The summed E-state index contributed by atoms with van der Waals surface area (Å²) in [4.78, 5) is 4.42. The van der Waals surface area contributed by atoms with Crippen molar-refractivity contribution >= 4 is 5.84 Å². The van der Waals surface area contributed by atoms with E-state index in [2.05, 4.69) is 17.2 Å². The fourth-order valence-corrected chi connectivity index (χ4v) is 1.61. The second kappa shape index (κ2) is 4.31. The molecule has 1 aromatic rings. The number of aryl methyl sites for hydroxylation is 1. The minimum absolute atomic E-state index is 0.762. The standard InChI is InChI=1S/C11H16N2O/c1-9-5-7-14-10(9)8-13-11-4-2-3-6-12-11/h5,7H,2-4,6,8H2,1H3,(H,12,13). The molecule has 1 N–H and O–H groups in total. The van der Waals surface area contributed by atoms with Crippen molar-refractivity contribution in [3.05, 3.63) is 23.7 Å². The maximum atomic E-state index is 5.34. The second-order valence-electron chi connectivity index (χ2n) is 3.67. The van der Waals surface area contributed by atoms with E-state index in [9.17, 15) is 0 Å². The van der Waals surface area contributed by atoms with E-state index in [-0.39, 0.29) is 0 Å². The van der Waals surface area contributed by atoms with Crippen molar-refractivity contribution in [1.29, 1.82) is 0 Å². The maximum absolute atomic E-state index is 5.34. The highest BCUT2D eigenvalue weighted by Crippen LogP contribution is 2.09. The Balaban J connectivity index is 1.88. The van der Waals surface area contributed by atoms with Gasteiger partial charge in [-0.3, -0.25) is 4.99 Å². The molecule has 3 nitrogen and oxygen atoms in total. The number of aliphatic imine (C=N–C) groups is 1. The van der Waals surface area contributed by atoms with Gasteiger partial charge < -0.3 is 9.73 Å². The molecule has 0 saturated heterocycles. The van der Waals surface area contributed by atoms with Crippen molar-refractivity contribution in [2.24, 2.45) is 4.99 Å². The first kappa shape index (κ1) is 9.31. The normalized spacial score (nSPS) is 16.5. The summed E-state index contributed by atoms with van der Waals surface area (Å²) in [6.07, 6.45) is 5.29. The van der Waals surface area contributed by atoms with Crippen molar-refractivity contribution in [2.75, 3.05) is 6.54 Å². The number of hydrogen-bond donors (Lipinski definition) is 1. The molecule has 76 valence electrons. The quantitative estimate of drug-likeness (QED) is 0.780. The van der Waals surface area contributed by atoms with Crippen LogP contribution < -0.4 is 5.32 Å². The van der Waals surface area contributed by atoms with Crippen LogP contribution in [0.25, 0.3) is 0 Å². The SMILES string of the molecule is Cc1ccoc1CNC1=NCCCC1. The Hall–Kier alpha value is -1.25. The highest BCUT2D eigenvalue weighted by Gasteiger charge is 2.06. The molecule has 0 aromatic carbocycles. The van der Waals surface area contributed by atoms with Crippen molar-refractivity contribution in [3.63, 3.8) is 0 Å². The summed E-state index contributed by atoms with van der Waals surface area (Å²) >= 11 is 0. The Kier molecular flexibility index (Phi) is 2.87. The fraction of sp³-hybridized carbons (Fsp3) is 0.545. The van der Waals surface area contributed by atoms with E-state index < -0.39 is 0 Å².